The highest BCUT2D eigenvalue weighted by Gasteiger charge is 2.11. The van der Waals surface area contributed by atoms with Gasteiger partial charge in [0.15, 0.2) is 5.69 Å². The molecule has 0 bridgehead atoms. The molecular weight excluding hydrogens is 211 g/mol. The van der Waals surface area contributed by atoms with Crippen LogP contribution in [0.5, 0.6) is 0 Å². The van der Waals surface area contributed by atoms with Crippen LogP contribution in [0.3, 0.4) is 0 Å². The Kier molecular flexibility index (Phi) is 2.44. The van der Waals surface area contributed by atoms with Gasteiger partial charge in [-0.05, 0) is 18.6 Å². The van der Waals surface area contributed by atoms with Crippen LogP contribution in [0, 0.1) is 12.7 Å². The molecule has 0 amide bonds. The average Bonchev–Trinajstić information content (AvgIpc) is 2.66. The highest BCUT2D eigenvalue weighted by atomic mass is 19.1. The lowest BCUT2D eigenvalue weighted by Crippen LogP contribution is -1.99. The first-order chi connectivity index (χ1) is 7.59. The summed E-state index contributed by atoms with van der Waals surface area (Å²) in [6.45, 7) is 1.75. The van der Waals surface area contributed by atoms with Gasteiger partial charge in [0.2, 0.25) is 0 Å². The van der Waals surface area contributed by atoms with Gasteiger partial charge < -0.3 is 9.67 Å². The maximum Gasteiger partial charge on any atom is 0.356 e. The lowest BCUT2D eigenvalue weighted by molar-refractivity contribution is 0.0691. The summed E-state index contributed by atoms with van der Waals surface area (Å²) >= 11 is 0. The Morgan fingerprint density at radius 3 is 2.81 bits per heavy atom. The topological polar surface area (TPSA) is 55.1 Å². The van der Waals surface area contributed by atoms with Gasteiger partial charge >= 0.3 is 5.97 Å². The molecular formula is C11H9FN2O2. The molecule has 1 heterocycles. The molecule has 0 saturated carbocycles. The molecule has 1 N–H and O–H groups in total. The zero-order valence-corrected chi connectivity index (χ0v) is 8.51. The Hall–Kier alpha value is -2.17. The Morgan fingerprint density at radius 1 is 1.50 bits per heavy atom. The van der Waals surface area contributed by atoms with Crippen molar-refractivity contribution in [3.05, 3.63) is 47.8 Å². The molecule has 0 saturated heterocycles. The van der Waals surface area contributed by atoms with Gasteiger partial charge in [-0.15, -0.1) is 0 Å². The molecule has 1 aromatic carbocycles. The van der Waals surface area contributed by atoms with Crippen LogP contribution in [0.15, 0.2) is 30.7 Å². The summed E-state index contributed by atoms with van der Waals surface area (Å²) in [6, 6.07) is 4.67. The number of aromatic carboxylic acids is 1. The Labute approximate surface area is 91.0 Å². The van der Waals surface area contributed by atoms with Crippen LogP contribution in [0.25, 0.3) is 5.69 Å². The second-order valence-corrected chi connectivity index (χ2v) is 3.38. The lowest BCUT2D eigenvalue weighted by atomic mass is 10.2. The van der Waals surface area contributed by atoms with E-state index in [1.807, 2.05) is 0 Å². The van der Waals surface area contributed by atoms with E-state index in [4.69, 9.17) is 5.11 Å². The van der Waals surface area contributed by atoms with E-state index in [0.717, 1.165) is 0 Å². The van der Waals surface area contributed by atoms with Crippen LogP contribution in [-0.4, -0.2) is 20.6 Å². The second kappa shape index (κ2) is 3.77. The molecule has 0 unspecified atom stereocenters. The third-order valence-electron chi connectivity index (χ3n) is 2.25. The molecule has 2 aromatic rings. The van der Waals surface area contributed by atoms with Crippen LogP contribution >= 0.6 is 0 Å². The zero-order valence-electron chi connectivity index (χ0n) is 8.51. The van der Waals surface area contributed by atoms with Crippen molar-refractivity contribution >= 4 is 5.97 Å². The molecule has 0 radical (unpaired) electrons. The van der Waals surface area contributed by atoms with Gasteiger partial charge in [-0.25, -0.2) is 14.2 Å². The second-order valence-electron chi connectivity index (χ2n) is 3.38. The Bertz CT molecular complexity index is 528. The smallest absolute Gasteiger partial charge is 0.356 e. The van der Waals surface area contributed by atoms with Crippen molar-refractivity contribution in [2.45, 2.75) is 6.92 Å². The number of aromatic nitrogens is 2. The lowest BCUT2D eigenvalue weighted by Gasteiger charge is -2.06. The van der Waals surface area contributed by atoms with Crippen LogP contribution < -0.4 is 0 Å². The number of carbonyl (C=O) groups is 1. The molecule has 16 heavy (non-hydrogen) atoms. The minimum Gasteiger partial charge on any atom is -0.476 e. The fourth-order valence-corrected chi connectivity index (χ4v) is 1.51. The Balaban J connectivity index is 2.54. The number of nitrogens with zero attached hydrogens (tertiary/aromatic N) is 2. The predicted molar refractivity (Wildman–Crippen MR) is 55.2 cm³/mol. The summed E-state index contributed by atoms with van der Waals surface area (Å²) in [7, 11) is 0. The van der Waals surface area contributed by atoms with Gasteiger partial charge in [-0.2, -0.15) is 0 Å². The molecule has 0 fully saturated rings. The highest BCUT2D eigenvalue weighted by Crippen LogP contribution is 2.18. The molecule has 0 spiro atoms. The van der Waals surface area contributed by atoms with Gasteiger partial charge in [-0.3, -0.25) is 0 Å². The van der Waals surface area contributed by atoms with E-state index in [9.17, 15) is 9.18 Å². The predicted octanol–water partition coefficient (Wildman–Crippen LogP) is 2.02. The van der Waals surface area contributed by atoms with Crippen molar-refractivity contribution in [3.63, 3.8) is 0 Å². The number of hydrogen-bond donors (Lipinski definition) is 1. The van der Waals surface area contributed by atoms with E-state index in [2.05, 4.69) is 4.98 Å². The minimum absolute atomic E-state index is 0.109. The van der Waals surface area contributed by atoms with Crippen LogP contribution in [0.4, 0.5) is 4.39 Å². The summed E-state index contributed by atoms with van der Waals surface area (Å²) < 4.78 is 14.9. The maximum absolute atomic E-state index is 13.6. The molecule has 0 aliphatic rings. The summed E-state index contributed by atoms with van der Waals surface area (Å²) in [5.41, 5.74) is 0.930. The number of para-hydroxylation sites is 1. The summed E-state index contributed by atoms with van der Waals surface area (Å²) in [4.78, 5) is 14.3. The Morgan fingerprint density at radius 2 is 2.25 bits per heavy atom. The van der Waals surface area contributed by atoms with Crippen LogP contribution in [-0.2, 0) is 0 Å². The number of halogens is 1. The van der Waals surface area contributed by atoms with Crippen molar-refractivity contribution in [3.8, 4) is 5.69 Å². The minimum atomic E-state index is -1.13. The van der Waals surface area contributed by atoms with E-state index in [-0.39, 0.29) is 5.69 Å². The van der Waals surface area contributed by atoms with E-state index in [1.165, 1.54) is 23.2 Å². The number of imidazole rings is 1. The summed E-state index contributed by atoms with van der Waals surface area (Å²) in [6.07, 6.45) is 2.57. The maximum atomic E-state index is 13.6. The van der Waals surface area contributed by atoms with Gasteiger partial charge in [0, 0.05) is 6.20 Å². The van der Waals surface area contributed by atoms with Crippen molar-refractivity contribution < 1.29 is 14.3 Å². The number of benzene rings is 1. The molecule has 4 nitrogen and oxygen atoms in total. The first-order valence-corrected chi connectivity index (χ1v) is 4.62. The molecule has 2 rings (SSSR count). The molecule has 82 valence electrons. The first-order valence-electron chi connectivity index (χ1n) is 4.62. The van der Waals surface area contributed by atoms with E-state index in [0.29, 0.717) is 11.3 Å². The van der Waals surface area contributed by atoms with Crippen molar-refractivity contribution in [2.24, 2.45) is 0 Å². The SMILES string of the molecule is Cc1cccc(F)c1-n1cnc(C(=O)O)c1. The molecule has 0 aliphatic carbocycles. The quantitative estimate of drug-likeness (QED) is 0.842. The third-order valence-corrected chi connectivity index (χ3v) is 2.25. The van der Waals surface area contributed by atoms with Crippen molar-refractivity contribution in [1.82, 2.24) is 9.55 Å². The zero-order chi connectivity index (χ0) is 11.7. The van der Waals surface area contributed by atoms with Gasteiger partial charge in [0.05, 0.1) is 5.69 Å². The number of rotatable bonds is 2. The van der Waals surface area contributed by atoms with Gasteiger partial charge in [-0.1, -0.05) is 12.1 Å². The van der Waals surface area contributed by atoms with Crippen LogP contribution in [0.2, 0.25) is 0 Å². The summed E-state index contributed by atoms with van der Waals surface area (Å²) in [5.74, 6) is -1.54. The summed E-state index contributed by atoms with van der Waals surface area (Å²) in [5, 5.41) is 8.71. The fraction of sp³-hybridized carbons (Fsp3) is 0.0909. The average molecular weight is 220 g/mol. The van der Waals surface area contributed by atoms with Gasteiger partial charge in [0.1, 0.15) is 12.1 Å². The highest BCUT2D eigenvalue weighted by molar-refractivity contribution is 5.85. The first kappa shape index (κ1) is 10.4. The van der Waals surface area contributed by atoms with E-state index < -0.39 is 11.8 Å². The molecule has 1 aromatic heterocycles. The molecule has 0 aliphatic heterocycles. The standard InChI is InChI=1S/C11H9FN2O2/c1-7-3-2-4-8(12)10(7)14-5-9(11(15)16)13-6-14/h2-6H,1H3,(H,15,16). The monoisotopic (exact) mass is 220 g/mol. The fourth-order valence-electron chi connectivity index (χ4n) is 1.51. The van der Waals surface area contributed by atoms with Crippen molar-refractivity contribution in [2.75, 3.05) is 0 Å². The normalized spacial score (nSPS) is 10.4. The number of carboxylic acid groups (broad SMARTS) is 1. The molecule has 0 atom stereocenters. The van der Waals surface area contributed by atoms with Crippen molar-refractivity contribution in [1.29, 1.82) is 0 Å². The third kappa shape index (κ3) is 1.67. The largest absolute Gasteiger partial charge is 0.476 e. The van der Waals surface area contributed by atoms with E-state index >= 15 is 0 Å². The van der Waals surface area contributed by atoms with Gasteiger partial charge in [0.25, 0.3) is 0 Å². The molecule has 5 heteroatoms. The number of aryl methyl sites for hydroxylation is 1. The number of carboxylic acids is 1. The number of hydrogen-bond acceptors (Lipinski definition) is 2. The van der Waals surface area contributed by atoms with Crippen LogP contribution in [0.1, 0.15) is 16.1 Å². The van der Waals surface area contributed by atoms with E-state index in [1.54, 1.807) is 19.1 Å².